The van der Waals surface area contributed by atoms with Crippen LogP contribution in [-0.2, 0) is 0 Å². The molecule has 2 aromatic rings. The van der Waals surface area contributed by atoms with Crippen LogP contribution < -0.4 is 0 Å². The van der Waals surface area contributed by atoms with Crippen molar-refractivity contribution < 1.29 is 4.52 Å². The molecule has 0 saturated carbocycles. The van der Waals surface area contributed by atoms with Crippen molar-refractivity contribution in [3.05, 3.63) is 36.4 Å². The average Bonchev–Trinajstić information content (AvgIpc) is 2.33. The van der Waals surface area contributed by atoms with Crippen molar-refractivity contribution in [3.8, 4) is 0 Å². The van der Waals surface area contributed by atoms with Gasteiger partial charge in [0.05, 0.1) is 5.69 Å². The highest BCUT2D eigenvalue weighted by molar-refractivity contribution is 5.79. The molecule has 0 saturated heterocycles. The fourth-order valence-corrected chi connectivity index (χ4v) is 1.11. The van der Waals surface area contributed by atoms with E-state index in [1.807, 2.05) is 25.1 Å². The molecule has 0 fully saturated rings. The van der Waals surface area contributed by atoms with Gasteiger partial charge in [-0.15, -0.1) is 0 Å². The summed E-state index contributed by atoms with van der Waals surface area (Å²) in [5.41, 5.74) is 2.74. The molecule has 0 aliphatic carbocycles. The van der Waals surface area contributed by atoms with Crippen molar-refractivity contribution in [2.24, 2.45) is 0 Å². The van der Waals surface area contributed by atoms with Crippen LogP contribution in [-0.4, -0.2) is 5.16 Å². The third kappa shape index (κ3) is 0.909. The second-order valence-electron chi connectivity index (χ2n) is 2.60. The molecule has 1 heterocycles. The summed E-state index contributed by atoms with van der Waals surface area (Å²) in [6.45, 7) is 5.74. The number of nitrogens with zero attached hydrogens (tertiary/aromatic N) is 1. The van der Waals surface area contributed by atoms with E-state index < -0.39 is 0 Å². The SMILES string of the molecule is [CH2]c1ccc2onc(C)c2c1. The summed E-state index contributed by atoms with van der Waals surface area (Å²) in [5.74, 6) is 0. The lowest BCUT2D eigenvalue weighted by atomic mass is 10.1. The number of aromatic nitrogens is 1. The van der Waals surface area contributed by atoms with E-state index in [2.05, 4.69) is 12.1 Å². The molecule has 0 aliphatic rings. The van der Waals surface area contributed by atoms with Crippen LogP contribution in [0.15, 0.2) is 22.7 Å². The van der Waals surface area contributed by atoms with Gasteiger partial charge in [-0.25, -0.2) is 0 Å². The Balaban J connectivity index is 2.87. The van der Waals surface area contributed by atoms with Gasteiger partial charge in [0.15, 0.2) is 5.58 Å². The summed E-state index contributed by atoms with van der Waals surface area (Å²) in [7, 11) is 0. The van der Waals surface area contributed by atoms with E-state index in [9.17, 15) is 0 Å². The number of fused-ring (bicyclic) bond motifs is 1. The summed E-state index contributed by atoms with van der Waals surface area (Å²) in [5, 5.41) is 4.89. The Bertz CT molecular complexity index is 389. The van der Waals surface area contributed by atoms with Gasteiger partial charge < -0.3 is 4.52 Å². The van der Waals surface area contributed by atoms with Crippen LogP contribution in [0.5, 0.6) is 0 Å². The zero-order chi connectivity index (χ0) is 7.84. The first-order chi connectivity index (χ1) is 5.27. The van der Waals surface area contributed by atoms with Crippen molar-refractivity contribution in [3.63, 3.8) is 0 Å². The van der Waals surface area contributed by atoms with E-state index >= 15 is 0 Å². The zero-order valence-electron chi connectivity index (χ0n) is 6.29. The number of rotatable bonds is 0. The van der Waals surface area contributed by atoms with Crippen molar-refractivity contribution >= 4 is 11.0 Å². The Morgan fingerprint density at radius 1 is 1.45 bits per heavy atom. The quantitative estimate of drug-likeness (QED) is 0.570. The van der Waals surface area contributed by atoms with Gasteiger partial charge in [0.25, 0.3) is 0 Å². The minimum Gasteiger partial charge on any atom is -0.356 e. The van der Waals surface area contributed by atoms with Crippen LogP contribution in [0.2, 0.25) is 0 Å². The van der Waals surface area contributed by atoms with Gasteiger partial charge in [-0.2, -0.15) is 0 Å². The van der Waals surface area contributed by atoms with Crippen LogP contribution in [0.1, 0.15) is 11.3 Å². The smallest absolute Gasteiger partial charge is 0.167 e. The van der Waals surface area contributed by atoms with Crippen molar-refractivity contribution in [1.29, 1.82) is 0 Å². The van der Waals surface area contributed by atoms with E-state index in [1.54, 1.807) is 0 Å². The first-order valence-corrected chi connectivity index (χ1v) is 3.45. The van der Waals surface area contributed by atoms with Crippen LogP contribution in [0.4, 0.5) is 0 Å². The number of hydrogen-bond acceptors (Lipinski definition) is 2. The number of aryl methyl sites for hydroxylation is 1. The van der Waals surface area contributed by atoms with Crippen LogP contribution in [0.25, 0.3) is 11.0 Å². The fraction of sp³-hybridized carbons (Fsp3) is 0.111. The van der Waals surface area contributed by atoms with Gasteiger partial charge in [-0.05, 0) is 31.5 Å². The Hall–Kier alpha value is -1.31. The van der Waals surface area contributed by atoms with E-state index in [1.165, 1.54) is 0 Å². The molecule has 0 amide bonds. The molecule has 0 atom stereocenters. The van der Waals surface area contributed by atoms with Gasteiger partial charge >= 0.3 is 0 Å². The summed E-state index contributed by atoms with van der Waals surface area (Å²) in [6, 6.07) is 5.77. The fourth-order valence-electron chi connectivity index (χ4n) is 1.11. The molecule has 0 spiro atoms. The second kappa shape index (κ2) is 2.09. The maximum atomic E-state index is 5.03. The predicted molar refractivity (Wildman–Crippen MR) is 43.2 cm³/mol. The van der Waals surface area contributed by atoms with E-state index in [0.717, 1.165) is 22.2 Å². The molecule has 1 aromatic heterocycles. The summed E-state index contributed by atoms with van der Waals surface area (Å²) < 4.78 is 5.03. The Morgan fingerprint density at radius 3 is 3.09 bits per heavy atom. The van der Waals surface area contributed by atoms with Crippen LogP contribution in [0, 0.1) is 13.8 Å². The van der Waals surface area contributed by atoms with Gasteiger partial charge in [0, 0.05) is 5.39 Å². The summed E-state index contributed by atoms with van der Waals surface area (Å²) in [6.07, 6.45) is 0. The van der Waals surface area contributed by atoms with Crippen molar-refractivity contribution in [2.75, 3.05) is 0 Å². The van der Waals surface area contributed by atoms with E-state index in [-0.39, 0.29) is 0 Å². The monoisotopic (exact) mass is 146 g/mol. The Labute approximate surface area is 64.8 Å². The molecule has 55 valence electrons. The van der Waals surface area contributed by atoms with Crippen molar-refractivity contribution in [1.82, 2.24) is 5.16 Å². The topological polar surface area (TPSA) is 26.0 Å². The highest BCUT2D eigenvalue weighted by Gasteiger charge is 2.01. The number of hydrogen-bond donors (Lipinski definition) is 0. The molecule has 1 radical (unpaired) electrons. The molecule has 0 bridgehead atoms. The van der Waals surface area contributed by atoms with E-state index in [0.29, 0.717) is 0 Å². The molecule has 0 unspecified atom stereocenters. The first-order valence-electron chi connectivity index (χ1n) is 3.45. The molecule has 11 heavy (non-hydrogen) atoms. The van der Waals surface area contributed by atoms with Crippen molar-refractivity contribution in [2.45, 2.75) is 6.92 Å². The molecule has 2 heteroatoms. The Kier molecular flexibility index (Phi) is 1.22. The lowest BCUT2D eigenvalue weighted by molar-refractivity contribution is 0.450. The molecule has 0 aliphatic heterocycles. The number of benzene rings is 1. The average molecular weight is 146 g/mol. The highest BCUT2D eigenvalue weighted by Crippen LogP contribution is 2.18. The zero-order valence-corrected chi connectivity index (χ0v) is 6.29. The standard InChI is InChI=1S/C9H8NO/c1-6-3-4-9-8(5-6)7(2)10-11-9/h3-5H,1H2,2H3. The molecule has 2 nitrogen and oxygen atoms in total. The van der Waals surface area contributed by atoms with Crippen LogP contribution >= 0.6 is 0 Å². The Morgan fingerprint density at radius 2 is 2.27 bits per heavy atom. The van der Waals surface area contributed by atoms with Gasteiger partial charge in [0.1, 0.15) is 0 Å². The lowest BCUT2D eigenvalue weighted by Gasteiger charge is -1.89. The molecular weight excluding hydrogens is 138 g/mol. The first kappa shape index (κ1) is 6.40. The van der Waals surface area contributed by atoms with Gasteiger partial charge in [-0.3, -0.25) is 0 Å². The molecule has 2 rings (SSSR count). The third-order valence-electron chi connectivity index (χ3n) is 1.71. The molecule has 0 N–H and O–H groups in total. The molecule has 1 aromatic carbocycles. The largest absolute Gasteiger partial charge is 0.356 e. The maximum Gasteiger partial charge on any atom is 0.167 e. The predicted octanol–water partition coefficient (Wildman–Crippen LogP) is 2.32. The van der Waals surface area contributed by atoms with Gasteiger partial charge in [-0.1, -0.05) is 11.2 Å². The summed E-state index contributed by atoms with van der Waals surface area (Å²) >= 11 is 0. The minimum absolute atomic E-state index is 0.829. The highest BCUT2D eigenvalue weighted by atomic mass is 16.5. The normalized spacial score (nSPS) is 10.7. The van der Waals surface area contributed by atoms with E-state index in [4.69, 9.17) is 4.52 Å². The third-order valence-corrected chi connectivity index (χ3v) is 1.71. The minimum atomic E-state index is 0.829. The maximum absolute atomic E-state index is 5.03. The van der Waals surface area contributed by atoms with Crippen LogP contribution in [0.3, 0.4) is 0 Å². The second-order valence-corrected chi connectivity index (χ2v) is 2.60. The molecular formula is C9H8NO. The summed E-state index contributed by atoms with van der Waals surface area (Å²) in [4.78, 5) is 0. The van der Waals surface area contributed by atoms with Gasteiger partial charge in [0.2, 0.25) is 0 Å². The lowest BCUT2D eigenvalue weighted by Crippen LogP contribution is -1.72.